The van der Waals surface area contributed by atoms with E-state index in [1.807, 2.05) is 60.7 Å². The molecule has 0 spiro atoms. The van der Waals surface area contributed by atoms with E-state index in [-0.39, 0.29) is 5.69 Å². The number of aliphatic hydroxyl groups excluding tert-OH is 1. The van der Waals surface area contributed by atoms with Crippen molar-refractivity contribution in [2.45, 2.75) is 6.10 Å². The zero-order valence-corrected chi connectivity index (χ0v) is 14.3. The van der Waals surface area contributed by atoms with Gasteiger partial charge in [0, 0.05) is 34.4 Å². The summed E-state index contributed by atoms with van der Waals surface area (Å²) >= 11 is 0. The van der Waals surface area contributed by atoms with E-state index in [0.29, 0.717) is 11.1 Å². The molecule has 0 heterocycles. The topological polar surface area (TPSA) is 63.4 Å². The normalized spacial score (nSPS) is 10.7. The van der Waals surface area contributed by atoms with Crippen LogP contribution in [0, 0.1) is 33.8 Å². The molecular weight excluding hydrogens is 338 g/mol. The average Bonchev–Trinajstić information content (AvgIpc) is 2.72. The fraction of sp³-hybridized carbons (Fsp3) is 0.0435. The van der Waals surface area contributed by atoms with Crippen molar-refractivity contribution in [1.82, 2.24) is 0 Å². The maximum absolute atomic E-state index is 11.1. The smallest absolute Gasteiger partial charge is 0.269 e. The molecule has 0 aliphatic carbocycles. The number of nitro benzene ring substituents is 1. The van der Waals surface area contributed by atoms with Gasteiger partial charge >= 0.3 is 0 Å². The highest BCUT2D eigenvalue weighted by molar-refractivity contribution is 5.53. The van der Waals surface area contributed by atoms with Crippen LogP contribution in [0.25, 0.3) is 0 Å². The molecule has 0 aromatic heterocycles. The van der Waals surface area contributed by atoms with Gasteiger partial charge in [0.2, 0.25) is 0 Å². The molecule has 0 radical (unpaired) electrons. The Morgan fingerprint density at radius 3 is 2.00 bits per heavy atom. The fourth-order valence-corrected chi connectivity index (χ4v) is 2.42. The van der Waals surface area contributed by atoms with Gasteiger partial charge in [-0.05, 0) is 30.3 Å². The molecule has 3 aromatic carbocycles. The van der Waals surface area contributed by atoms with Crippen molar-refractivity contribution in [1.29, 1.82) is 0 Å². The van der Waals surface area contributed by atoms with Crippen molar-refractivity contribution >= 4 is 5.69 Å². The van der Waals surface area contributed by atoms with Gasteiger partial charge in [-0.25, -0.2) is 0 Å². The van der Waals surface area contributed by atoms with E-state index >= 15 is 0 Å². The summed E-state index contributed by atoms with van der Waals surface area (Å²) in [7, 11) is 0. The predicted octanol–water partition coefficient (Wildman–Crippen LogP) is 4.08. The van der Waals surface area contributed by atoms with Crippen molar-refractivity contribution in [2.75, 3.05) is 0 Å². The first kappa shape index (κ1) is 17.9. The van der Waals surface area contributed by atoms with Gasteiger partial charge in [-0.2, -0.15) is 0 Å². The summed E-state index contributed by atoms with van der Waals surface area (Å²) in [4.78, 5) is 10.6. The molecule has 0 bridgehead atoms. The number of non-ortho nitro benzene ring substituents is 1. The molecule has 4 nitrogen and oxygen atoms in total. The summed E-state index contributed by atoms with van der Waals surface area (Å²) in [5.74, 6) is 11.6. The number of hydrogen-bond donors (Lipinski definition) is 1. The number of rotatable bonds is 2. The van der Waals surface area contributed by atoms with Crippen LogP contribution in [-0.2, 0) is 0 Å². The van der Waals surface area contributed by atoms with Crippen molar-refractivity contribution in [3.8, 4) is 23.7 Å². The van der Waals surface area contributed by atoms with Gasteiger partial charge in [-0.15, -0.1) is 0 Å². The van der Waals surface area contributed by atoms with Crippen LogP contribution in [0.5, 0.6) is 0 Å². The molecule has 0 aliphatic rings. The van der Waals surface area contributed by atoms with E-state index in [0.717, 1.165) is 11.1 Å². The lowest BCUT2D eigenvalue weighted by molar-refractivity contribution is -0.385. The Hall–Kier alpha value is -3.86. The Balaban J connectivity index is 1.99. The third-order valence-corrected chi connectivity index (χ3v) is 3.78. The van der Waals surface area contributed by atoms with E-state index in [4.69, 9.17) is 0 Å². The second kappa shape index (κ2) is 8.49. The number of nitrogens with zero attached hydrogens (tertiary/aromatic N) is 1. The standard InChI is InChI=1S/C23H15NO3/c25-23(16-12-19-9-5-2-6-10-19)22-17-21(24(26)27)15-14-20(22)13-11-18-7-3-1-4-8-18/h1-10,14-15,17,23,25H. The van der Waals surface area contributed by atoms with Crippen molar-refractivity contribution < 1.29 is 10.0 Å². The monoisotopic (exact) mass is 353 g/mol. The fourth-order valence-electron chi connectivity index (χ4n) is 2.42. The van der Waals surface area contributed by atoms with E-state index < -0.39 is 11.0 Å². The summed E-state index contributed by atoms with van der Waals surface area (Å²) in [5.41, 5.74) is 2.26. The molecule has 0 aliphatic heterocycles. The molecule has 3 rings (SSSR count). The Morgan fingerprint density at radius 2 is 1.41 bits per heavy atom. The van der Waals surface area contributed by atoms with Crippen LogP contribution in [0.4, 0.5) is 5.69 Å². The zero-order valence-electron chi connectivity index (χ0n) is 14.3. The summed E-state index contributed by atoms with van der Waals surface area (Å²) in [5, 5.41) is 21.6. The van der Waals surface area contributed by atoms with Crippen molar-refractivity contribution in [3.63, 3.8) is 0 Å². The minimum absolute atomic E-state index is 0.115. The first-order valence-electron chi connectivity index (χ1n) is 8.23. The largest absolute Gasteiger partial charge is 0.376 e. The van der Waals surface area contributed by atoms with Crippen LogP contribution in [-0.4, -0.2) is 10.0 Å². The molecule has 27 heavy (non-hydrogen) atoms. The van der Waals surface area contributed by atoms with E-state index in [9.17, 15) is 15.2 Å². The molecule has 0 fully saturated rings. The third-order valence-electron chi connectivity index (χ3n) is 3.78. The number of nitro groups is 1. The highest BCUT2D eigenvalue weighted by Crippen LogP contribution is 2.23. The van der Waals surface area contributed by atoms with Gasteiger partial charge in [0.25, 0.3) is 5.69 Å². The summed E-state index contributed by atoms with van der Waals surface area (Å²) in [6, 6.07) is 22.8. The van der Waals surface area contributed by atoms with E-state index in [1.165, 1.54) is 18.2 Å². The summed E-state index contributed by atoms with van der Waals surface area (Å²) in [6.07, 6.45) is -1.19. The van der Waals surface area contributed by atoms with Crippen LogP contribution in [0.2, 0.25) is 0 Å². The molecule has 1 unspecified atom stereocenters. The minimum Gasteiger partial charge on any atom is -0.376 e. The Bertz CT molecular complexity index is 1070. The number of benzene rings is 3. The van der Waals surface area contributed by atoms with E-state index in [1.54, 1.807) is 0 Å². The first-order valence-corrected chi connectivity index (χ1v) is 8.23. The zero-order chi connectivity index (χ0) is 19.1. The molecule has 3 aromatic rings. The maximum Gasteiger partial charge on any atom is 0.269 e. The van der Waals surface area contributed by atoms with Gasteiger partial charge in [-0.1, -0.05) is 60.1 Å². The second-order valence-electron chi connectivity index (χ2n) is 5.68. The van der Waals surface area contributed by atoms with Crippen molar-refractivity contribution in [2.24, 2.45) is 0 Å². The lowest BCUT2D eigenvalue weighted by Crippen LogP contribution is -2.00. The van der Waals surface area contributed by atoms with E-state index in [2.05, 4.69) is 23.7 Å². The van der Waals surface area contributed by atoms with Crippen LogP contribution < -0.4 is 0 Å². The average molecular weight is 353 g/mol. The first-order chi connectivity index (χ1) is 13.1. The lowest BCUT2D eigenvalue weighted by atomic mass is 10.0. The molecular formula is C23H15NO3. The summed E-state index contributed by atoms with van der Waals surface area (Å²) < 4.78 is 0. The van der Waals surface area contributed by atoms with Crippen LogP contribution in [0.3, 0.4) is 0 Å². The molecule has 1 N–H and O–H groups in total. The van der Waals surface area contributed by atoms with Gasteiger partial charge < -0.3 is 5.11 Å². The Kier molecular flexibility index (Phi) is 5.64. The highest BCUT2D eigenvalue weighted by atomic mass is 16.6. The maximum atomic E-state index is 11.1. The summed E-state index contributed by atoms with van der Waals surface area (Å²) in [6.45, 7) is 0. The quantitative estimate of drug-likeness (QED) is 0.429. The van der Waals surface area contributed by atoms with Gasteiger partial charge in [0.15, 0.2) is 0 Å². The third kappa shape index (κ3) is 4.83. The van der Waals surface area contributed by atoms with Crippen LogP contribution in [0.15, 0.2) is 78.9 Å². The van der Waals surface area contributed by atoms with Crippen LogP contribution >= 0.6 is 0 Å². The number of aliphatic hydroxyl groups is 1. The highest BCUT2D eigenvalue weighted by Gasteiger charge is 2.15. The molecule has 0 saturated heterocycles. The molecule has 0 amide bonds. The SMILES string of the molecule is O=[N+]([O-])c1ccc(C#Cc2ccccc2)c(C(O)C#Cc2ccccc2)c1. The predicted molar refractivity (Wildman–Crippen MR) is 104 cm³/mol. The molecule has 1 atom stereocenters. The molecule has 0 saturated carbocycles. The molecule has 4 heteroatoms. The van der Waals surface area contributed by atoms with Gasteiger partial charge in [0.05, 0.1) is 4.92 Å². The minimum atomic E-state index is -1.19. The van der Waals surface area contributed by atoms with Crippen molar-refractivity contribution in [3.05, 3.63) is 111 Å². The molecule has 130 valence electrons. The second-order valence-corrected chi connectivity index (χ2v) is 5.68. The van der Waals surface area contributed by atoms with Gasteiger partial charge in [0.1, 0.15) is 6.10 Å². The van der Waals surface area contributed by atoms with Crippen LogP contribution in [0.1, 0.15) is 28.4 Å². The Labute approximate surface area is 157 Å². The number of hydrogen-bond acceptors (Lipinski definition) is 3. The lowest BCUT2D eigenvalue weighted by Gasteiger charge is -2.07. The Morgan fingerprint density at radius 1 is 0.815 bits per heavy atom. The van der Waals surface area contributed by atoms with Gasteiger partial charge in [-0.3, -0.25) is 10.1 Å².